The van der Waals surface area contributed by atoms with Crippen LogP contribution in [0.5, 0.6) is 0 Å². The Balaban J connectivity index is 1.86. The first-order valence-corrected chi connectivity index (χ1v) is 6.30. The van der Waals surface area contributed by atoms with Crippen molar-refractivity contribution in [3.8, 4) is 0 Å². The largest absolute Gasteiger partial charge is 0.0913 e. The van der Waals surface area contributed by atoms with Crippen molar-refractivity contribution in [1.82, 2.24) is 0 Å². The summed E-state index contributed by atoms with van der Waals surface area (Å²) in [5.41, 5.74) is 0.961. The highest BCUT2D eigenvalue weighted by Crippen LogP contribution is 2.39. The highest BCUT2D eigenvalue weighted by Gasteiger charge is 2.11. The molecule has 13 heavy (non-hydrogen) atoms. The SMILES string of the molecule is C1=CCCC(PC2CC=CCC2)=C1. The van der Waals surface area contributed by atoms with Gasteiger partial charge in [0.2, 0.25) is 0 Å². The lowest BCUT2D eigenvalue weighted by Crippen LogP contribution is -2.02. The molecule has 0 bridgehead atoms. The lowest BCUT2D eigenvalue weighted by Gasteiger charge is -2.20. The molecule has 0 aromatic rings. The predicted molar refractivity (Wildman–Crippen MR) is 61.6 cm³/mol. The zero-order chi connectivity index (χ0) is 8.93. The molecular formula is C12H17P. The van der Waals surface area contributed by atoms with Gasteiger partial charge in [0.25, 0.3) is 0 Å². The fourth-order valence-corrected chi connectivity index (χ4v) is 3.48. The Hall–Kier alpha value is -0.350. The highest BCUT2D eigenvalue weighted by molar-refractivity contribution is 7.43. The van der Waals surface area contributed by atoms with Crippen molar-refractivity contribution in [3.05, 3.63) is 35.7 Å². The van der Waals surface area contributed by atoms with Crippen LogP contribution < -0.4 is 0 Å². The molecule has 0 aromatic carbocycles. The van der Waals surface area contributed by atoms with Crippen molar-refractivity contribution in [2.24, 2.45) is 0 Å². The Bertz CT molecular complexity index is 248. The number of rotatable bonds is 2. The second-order valence-corrected chi connectivity index (χ2v) is 5.53. The Morgan fingerprint density at radius 3 is 2.85 bits per heavy atom. The van der Waals surface area contributed by atoms with Gasteiger partial charge >= 0.3 is 0 Å². The summed E-state index contributed by atoms with van der Waals surface area (Å²) in [7, 11) is 1.09. The number of hydrogen-bond acceptors (Lipinski definition) is 0. The number of hydrogen-bond donors (Lipinski definition) is 0. The summed E-state index contributed by atoms with van der Waals surface area (Å²) >= 11 is 0. The minimum atomic E-state index is 0.961. The van der Waals surface area contributed by atoms with Crippen LogP contribution in [-0.4, -0.2) is 5.66 Å². The molecule has 0 saturated carbocycles. The van der Waals surface area contributed by atoms with Gasteiger partial charge < -0.3 is 0 Å². The smallest absolute Gasteiger partial charge is 0.0162 e. The second-order valence-electron chi connectivity index (χ2n) is 3.78. The van der Waals surface area contributed by atoms with Crippen LogP contribution in [0.15, 0.2) is 35.7 Å². The Morgan fingerprint density at radius 1 is 1.15 bits per heavy atom. The summed E-state index contributed by atoms with van der Waals surface area (Å²) in [5, 5.41) is 1.70. The molecule has 0 heterocycles. The van der Waals surface area contributed by atoms with Gasteiger partial charge in [-0.25, -0.2) is 0 Å². The van der Waals surface area contributed by atoms with Crippen LogP contribution in [0.25, 0.3) is 0 Å². The van der Waals surface area contributed by atoms with E-state index in [0.29, 0.717) is 0 Å². The first-order chi connectivity index (χ1) is 6.45. The van der Waals surface area contributed by atoms with Gasteiger partial charge in [-0.05, 0) is 43.1 Å². The minimum Gasteiger partial charge on any atom is -0.0913 e. The Morgan fingerprint density at radius 2 is 2.15 bits per heavy atom. The van der Waals surface area contributed by atoms with Gasteiger partial charge in [0, 0.05) is 0 Å². The summed E-state index contributed by atoms with van der Waals surface area (Å²) in [6.45, 7) is 0. The minimum absolute atomic E-state index is 0.961. The van der Waals surface area contributed by atoms with Gasteiger partial charge in [0.05, 0.1) is 0 Å². The molecule has 0 N–H and O–H groups in total. The monoisotopic (exact) mass is 192 g/mol. The van der Waals surface area contributed by atoms with Gasteiger partial charge in [-0.3, -0.25) is 0 Å². The van der Waals surface area contributed by atoms with E-state index < -0.39 is 0 Å². The number of allylic oxidation sites excluding steroid dienone is 6. The van der Waals surface area contributed by atoms with Crippen LogP contribution in [0.4, 0.5) is 0 Å². The molecular weight excluding hydrogens is 175 g/mol. The van der Waals surface area contributed by atoms with Crippen LogP contribution in [0.3, 0.4) is 0 Å². The molecule has 2 rings (SSSR count). The predicted octanol–water partition coefficient (Wildman–Crippen LogP) is 4.01. The normalized spacial score (nSPS) is 28.3. The second kappa shape index (κ2) is 4.77. The van der Waals surface area contributed by atoms with Crippen molar-refractivity contribution < 1.29 is 0 Å². The Kier molecular flexibility index (Phi) is 3.38. The van der Waals surface area contributed by atoms with Crippen LogP contribution in [0.2, 0.25) is 0 Å². The first kappa shape index (κ1) is 9.21. The summed E-state index contributed by atoms with van der Waals surface area (Å²) in [6.07, 6.45) is 18.1. The molecule has 70 valence electrons. The molecule has 2 aliphatic rings. The molecule has 2 unspecified atom stereocenters. The lowest BCUT2D eigenvalue weighted by molar-refractivity contribution is 0.744. The molecule has 0 saturated heterocycles. The maximum atomic E-state index is 2.36. The van der Waals surface area contributed by atoms with Gasteiger partial charge in [-0.15, -0.1) is 0 Å². The van der Waals surface area contributed by atoms with Crippen molar-refractivity contribution >= 4 is 8.58 Å². The van der Waals surface area contributed by atoms with E-state index in [1.165, 1.54) is 32.1 Å². The van der Waals surface area contributed by atoms with Crippen molar-refractivity contribution in [3.63, 3.8) is 0 Å². The van der Waals surface area contributed by atoms with Crippen molar-refractivity contribution in [1.29, 1.82) is 0 Å². The molecule has 2 atom stereocenters. The average Bonchev–Trinajstić information content (AvgIpc) is 2.21. The zero-order valence-corrected chi connectivity index (χ0v) is 9.00. The summed E-state index contributed by atoms with van der Waals surface area (Å²) in [5.74, 6) is 0. The standard InChI is InChI=1S/C12H17P/c1-3-7-11(8-4-1)13-12-9-5-2-6-10-12/h1-3,5,7,12-13H,4,6,8-10H2. The molecule has 0 aliphatic heterocycles. The maximum Gasteiger partial charge on any atom is -0.0162 e. The summed E-state index contributed by atoms with van der Waals surface area (Å²) in [6, 6.07) is 0. The van der Waals surface area contributed by atoms with E-state index in [9.17, 15) is 0 Å². The molecule has 0 spiro atoms. The fraction of sp³-hybridized carbons (Fsp3) is 0.500. The van der Waals surface area contributed by atoms with Crippen molar-refractivity contribution in [2.75, 3.05) is 0 Å². The van der Waals surface area contributed by atoms with E-state index in [-0.39, 0.29) is 0 Å². The van der Waals surface area contributed by atoms with E-state index in [2.05, 4.69) is 30.4 Å². The van der Waals surface area contributed by atoms with Crippen LogP contribution in [0.1, 0.15) is 32.1 Å². The molecule has 0 nitrogen and oxygen atoms in total. The van der Waals surface area contributed by atoms with Gasteiger partial charge in [0.1, 0.15) is 0 Å². The third-order valence-corrected chi connectivity index (χ3v) is 4.39. The van der Waals surface area contributed by atoms with E-state index in [1.807, 2.05) is 0 Å². The third kappa shape index (κ3) is 2.81. The van der Waals surface area contributed by atoms with Gasteiger partial charge in [0.15, 0.2) is 0 Å². The maximum absolute atomic E-state index is 2.36. The quantitative estimate of drug-likeness (QED) is 0.458. The van der Waals surface area contributed by atoms with Crippen LogP contribution in [-0.2, 0) is 0 Å². The average molecular weight is 192 g/mol. The van der Waals surface area contributed by atoms with E-state index in [4.69, 9.17) is 0 Å². The lowest BCUT2D eigenvalue weighted by atomic mass is 10.1. The van der Waals surface area contributed by atoms with Crippen LogP contribution in [0, 0.1) is 0 Å². The summed E-state index contributed by atoms with van der Waals surface area (Å²) < 4.78 is 0. The van der Waals surface area contributed by atoms with E-state index in [1.54, 1.807) is 5.31 Å². The Labute approximate surface area is 82.6 Å². The molecule has 0 amide bonds. The fourth-order valence-electron chi connectivity index (χ4n) is 1.91. The molecule has 0 fully saturated rings. The van der Waals surface area contributed by atoms with Gasteiger partial charge in [-0.1, -0.05) is 39.0 Å². The van der Waals surface area contributed by atoms with Gasteiger partial charge in [-0.2, -0.15) is 0 Å². The topological polar surface area (TPSA) is 0 Å². The summed E-state index contributed by atoms with van der Waals surface area (Å²) in [4.78, 5) is 0. The molecule has 0 radical (unpaired) electrons. The highest BCUT2D eigenvalue weighted by atomic mass is 31.1. The van der Waals surface area contributed by atoms with E-state index >= 15 is 0 Å². The van der Waals surface area contributed by atoms with E-state index in [0.717, 1.165) is 14.2 Å². The third-order valence-electron chi connectivity index (χ3n) is 2.67. The van der Waals surface area contributed by atoms with Crippen molar-refractivity contribution in [2.45, 2.75) is 37.8 Å². The molecule has 0 aromatic heterocycles. The molecule has 1 heteroatoms. The zero-order valence-electron chi connectivity index (χ0n) is 8.00. The first-order valence-electron chi connectivity index (χ1n) is 5.22. The van der Waals surface area contributed by atoms with Crippen LogP contribution >= 0.6 is 8.58 Å². The molecule has 2 aliphatic carbocycles.